The smallest absolute Gasteiger partial charge is 0.340 e. The maximum atomic E-state index is 13.4. The molecule has 20 nitrogen and oxygen atoms in total. The lowest BCUT2D eigenvalue weighted by atomic mass is 9.77. The number of amidine groups is 1. The Morgan fingerprint density at radius 1 is 0.857 bits per heavy atom. The number of rotatable bonds is 13. The van der Waals surface area contributed by atoms with Gasteiger partial charge in [0.2, 0.25) is 11.9 Å². The van der Waals surface area contributed by atoms with E-state index in [2.05, 4.69) is 46.6 Å². The number of fused-ring (bicyclic) bond motifs is 7. The van der Waals surface area contributed by atoms with E-state index in [1.54, 1.807) is 42.5 Å². The van der Waals surface area contributed by atoms with Crippen LogP contribution in [0.1, 0.15) is 50.2 Å². The Kier molecular flexibility index (Phi) is 11.2. The second-order valence-electron chi connectivity index (χ2n) is 14.4. The van der Waals surface area contributed by atoms with Gasteiger partial charge in [-0.1, -0.05) is 6.07 Å². The van der Waals surface area contributed by atoms with E-state index in [4.69, 9.17) is 27.4 Å². The molecule has 0 bridgehead atoms. The molecule has 320 valence electrons. The van der Waals surface area contributed by atoms with Gasteiger partial charge in [0.15, 0.2) is 22.3 Å². The molecular formula is C42H36N10O10S. The van der Waals surface area contributed by atoms with E-state index in [0.29, 0.717) is 28.1 Å². The highest BCUT2D eigenvalue weighted by atomic mass is 32.1. The first-order chi connectivity index (χ1) is 30.3. The summed E-state index contributed by atoms with van der Waals surface area (Å²) in [7, 11) is 0. The predicted molar refractivity (Wildman–Crippen MR) is 232 cm³/mol. The number of aliphatic imine (C=N–C) groups is 4. The number of hydrogen-bond acceptors (Lipinski definition) is 15. The molecule has 1 unspecified atom stereocenters. The highest BCUT2D eigenvalue weighted by molar-refractivity contribution is 7.80. The van der Waals surface area contributed by atoms with Gasteiger partial charge in [-0.3, -0.25) is 19.4 Å². The summed E-state index contributed by atoms with van der Waals surface area (Å²) in [6.45, 7) is 0.602. The fourth-order valence-corrected chi connectivity index (χ4v) is 7.48. The van der Waals surface area contributed by atoms with Crippen LogP contribution in [0.25, 0.3) is 0 Å². The number of ether oxygens (including phenoxy) is 2. The normalized spacial score (nSPS) is 16.6. The van der Waals surface area contributed by atoms with E-state index in [0.717, 1.165) is 0 Å². The van der Waals surface area contributed by atoms with E-state index >= 15 is 0 Å². The molecule has 0 aromatic heterocycles. The van der Waals surface area contributed by atoms with Crippen molar-refractivity contribution in [1.29, 1.82) is 0 Å². The van der Waals surface area contributed by atoms with Crippen molar-refractivity contribution in [3.63, 3.8) is 0 Å². The first kappa shape index (κ1) is 41.5. The fourth-order valence-electron chi connectivity index (χ4n) is 7.26. The van der Waals surface area contributed by atoms with Crippen LogP contribution in [-0.2, 0) is 24.7 Å². The van der Waals surface area contributed by atoms with Gasteiger partial charge in [0.1, 0.15) is 35.1 Å². The fraction of sp³-hybridized carbons (Fsp3) is 0.190. The number of amides is 3. The number of nitrogens with two attached hydrogens (primary N) is 1. The Morgan fingerprint density at radius 3 is 2.22 bits per heavy atom. The van der Waals surface area contributed by atoms with Crippen LogP contribution in [0.15, 0.2) is 98.8 Å². The second kappa shape index (κ2) is 17.0. The molecule has 10 N–H and O–H groups in total. The Bertz CT molecular complexity index is 2680. The van der Waals surface area contributed by atoms with Crippen molar-refractivity contribution in [2.45, 2.75) is 30.5 Å². The summed E-state index contributed by atoms with van der Waals surface area (Å²) in [5.74, 6) is -3.31. The molecule has 4 aliphatic rings. The van der Waals surface area contributed by atoms with Crippen LogP contribution in [0.2, 0.25) is 0 Å². The third-order valence-electron chi connectivity index (χ3n) is 10.2. The number of aliphatic carboxylic acids is 1. The summed E-state index contributed by atoms with van der Waals surface area (Å²) in [4.78, 5) is 78.9. The SMILES string of the molecule is NC1=NC(=O)C2=NC(CNc3ccc(C(=O)N[C@@H](CCC(=O)NCCNC(=S)Nc4ccc5c(c4)C(=O)OC54c5ccc(O)cc5Oc5cc(O)ccc54)C(=O)O)cc3)C=NC2=N1. The summed E-state index contributed by atoms with van der Waals surface area (Å²) in [5.41, 5.74) is 7.15. The highest BCUT2D eigenvalue weighted by Gasteiger charge is 2.53. The van der Waals surface area contributed by atoms with E-state index in [9.17, 15) is 39.3 Å². The molecule has 4 aromatic carbocycles. The number of phenols is 2. The van der Waals surface area contributed by atoms with Crippen LogP contribution in [0.3, 0.4) is 0 Å². The number of carboxylic acid groups (broad SMARTS) is 1. The van der Waals surface area contributed by atoms with E-state index in [1.165, 1.54) is 42.6 Å². The molecule has 0 radical (unpaired) electrons. The molecule has 4 aromatic rings. The third-order valence-corrected chi connectivity index (χ3v) is 10.5. The number of carbonyl (C=O) groups excluding carboxylic acids is 4. The minimum absolute atomic E-state index is 0.0189. The number of carboxylic acids is 1. The molecule has 4 aliphatic heterocycles. The molecule has 21 heteroatoms. The molecule has 0 fully saturated rings. The number of guanidine groups is 1. The largest absolute Gasteiger partial charge is 0.508 e. The van der Waals surface area contributed by atoms with Crippen molar-refractivity contribution >= 4 is 82.1 Å². The molecule has 0 aliphatic carbocycles. The van der Waals surface area contributed by atoms with Gasteiger partial charge >= 0.3 is 17.8 Å². The number of phenolic OH excluding ortho intramolecular Hbond substituents is 2. The summed E-state index contributed by atoms with van der Waals surface area (Å²) in [6.07, 6.45) is 1.16. The Balaban J connectivity index is 0.784. The zero-order chi connectivity index (χ0) is 44.4. The summed E-state index contributed by atoms with van der Waals surface area (Å²) >= 11 is 5.43. The third kappa shape index (κ3) is 8.57. The standard InChI is InChI=1S/C42H36N10O10S/c43-40-51-35-34(37(57)52-40)48-23(19-47-35)18-46-21-3-1-20(2-4-21)36(56)50-30(38(58)59)11-12-33(55)44-13-14-45-41(63)49-22-5-8-27-26(15-22)39(60)62-42(27)28-9-6-24(53)16-31(28)61-32-17-25(54)7-10-29(32)42/h1-10,15-17,19,23,30,46,53-54H,11-14,18H2,(H,44,55)(H,50,56)(H,58,59)(H2,43,52,57)(H2,45,49,63)/t23?,30-/m0/s1. The van der Waals surface area contributed by atoms with Crippen LogP contribution < -0.4 is 37.1 Å². The monoisotopic (exact) mass is 872 g/mol. The van der Waals surface area contributed by atoms with Gasteiger partial charge in [-0.2, -0.15) is 9.98 Å². The number of nitrogens with zero attached hydrogens (tertiary/aromatic N) is 4. The molecule has 8 rings (SSSR count). The summed E-state index contributed by atoms with van der Waals surface area (Å²) in [6, 6.07) is 18.4. The molecule has 4 heterocycles. The Labute approximate surface area is 362 Å². The van der Waals surface area contributed by atoms with Crippen LogP contribution in [0, 0.1) is 0 Å². The van der Waals surface area contributed by atoms with Gasteiger partial charge in [0.05, 0.1) is 5.56 Å². The van der Waals surface area contributed by atoms with Crippen LogP contribution >= 0.6 is 12.2 Å². The van der Waals surface area contributed by atoms with Crippen molar-refractivity contribution in [2.75, 3.05) is 30.3 Å². The number of carbonyl (C=O) groups is 5. The molecule has 1 spiro atoms. The zero-order valence-corrected chi connectivity index (χ0v) is 33.6. The minimum atomic E-state index is -1.41. The van der Waals surface area contributed by atoms with Crippen molar-refractivity contribution in [1.82, 2.24) is 16.0 Å². The van der Waals surface area contributed by atoms with Crippen molar-refractivity contribution in [2.24, 2.45) is 25.7 Å². The number of aromatic hydroxyl groups is 2. The number of nitrogens with one attached hydrogen (secondary N) is 5. The number of thiocarbonyl (C=S) groups is 1. The first-order valence-corrected chi connectivity index (χ1v) is 19.7. The number of benzene rings is 4. The maximum absolute atomic E-state index is 13.4. The number of esters is 1. The first-order valence-electron chi connectivity index (χ1n) is 19.3. The minimum Gasteiger partial charge on any atom is -0.508 e. The second-order valence-corrected chi connectivity index (χ2v) is 14.8. The van der Waals surface area contributed by atoms with Gasteiger partial charge in [0, 0.05) is 78.0 Å². The molecular weight excluding hydrogens is 837 g/mol. The number of anilines is 2. The van der Waals surface area contributed by atoms with Crippen molar-refractivity contribution < 1.29 is 48.8 Å². The van der Waals surface area contributed by atoms with E-state index in [-0.39, 0.29) is 89.2 Å². The lowest BCUT2D eigenvalue weighted by Gasteiger charge is -2.36. The van der Waals surface area contributed by atoms with Crippen molar-refractivity contribution in [3.05, 3.63) is 107 Å². The predicted octanol–water partition coefficient (Wildman–Crippen LogP) is 2.29. The average molecular weight is 873 g/mol. The maximum Gasteiger partial charge on any atom is 0.340 e. The van der Waals surface area contributed by atoms with Gasteiger partial charge in [-0.15, -0.1) is 0 Å². The van der Waals surface area contributed by atoms with Gasteiger partial charge in [0.25, 0.3) is 5.91 Å². The highest BCUT2D eigenvalue weighted by Crippen LogP contribution is 2.57. The summed E-state index contributed by atoms with van der Waals surface area (Å²) in [5, 5.41) is 44.5. The van der Waals surface area contributed by atoms with E-state index in [1.807, 2.05) is 0 Å². The topological polar surface area (TPSA) is 300 Å². The zero-order valence-electron chi connectivity index (χ0n) is 32.7. The van der Waals surface area contributed by atoms with Gasteiger partial charge < -0.3 is 57.1 Å². The molecule has 0 saturated carbocycles. The van der Waals surface area contributed by atoms with Crippen molar-refractivity contribution in [3.8, 4) is 23.0 Å². The number of hydrogen-bond donors (Lipinski definition) is 9. The summed E-state index contributed by atoms with van der Waals surface area (Å²) < 4.78 is 12.1. The van der Waals surface area contributed by atoms with Crippen LogP contribution in [0.5, 0.6) is 23.0 Å². The van der Waals surface area contributed by atoms with Crippen LogP contribution in [0.4, 0.5) is 11.4 Å². The Morgan fingerprint density at radius 2 is 1.52 bits per heavy atom. The lowest BCUT2D eigenvalue weighted by molar-refractivity contribution is -0.139. The Hall–Kier alpha value is -8.20. The van der Waals surface area contributed by atoms with Crippen LogP contribution in [-0.4, -0.2) is 106 Å². The van der Waals surface area contributed by atoms with E-state index < -0.39 is 47.3 Å². The molecule has 3 amide bonds. The van der Waals surface area contributed by atoms with Gasteiger partial charge in [-0.05, 0) is 79.3 Å². The van der Waals surface area contributed by atoms with Gasteiger partial charge in [-0.25, -0.2) is 14.6 Å². The quantitative estimate of drug-likeness (QED) is 0.0529. The molecule has 0 saturated heterocycles. The average Bonchev–Trinajstić information content (AvgIpc) is 3.53. The molecule has 2 atom stereocenters. The lowest BCUT2D eigenvalue weighted by Crippen LogP contribution is -2.42. The molecule has 63 heavy (non-hydrogen) atoms.